The lowest BCUT2D eigenvalue weighted by atomic mass is 10.0. The summed E-state index contributed by atoms with van der Waals surface area (Å²) in [5, 5.41) is 4.16. The molecule has 7 heteroatoms. The van der Waals surface area contributed by atoms with Crippen molar-refractivity contribution in [2.24, 2.45) is 4.99 Å². The third-order valence-corrected chi connectivity index (χ3v) is 6.28. The number of fused-ring (bicyclic) bond motifs is 1. The molecule has 134 valence electrons. The standard InChI is InChI=1S/C19H18FN3O2S/c1-12-3-8-19-16(9-12)17(18-10-21-13(2)22-18)11-23(19)26(24,25)15-6-4-14(20)5-7-15/h3-9,11,18H,10H2,1-2H3,(H,21,22). The zero-order chi connectivity index (χ0) is 18.5. The summed E-state index contributed by atoms with van der Waals surface area (Å²) < 4.78 is 40.7. The van der Waals surface area contributed by atoms with Gasteiger partial charge in [0.1, 0.15) is 5.82 Å². The molecule has 0 fully saturated rings. The van der Waals surface area contributed by atoms with Gasteiger partial charge in [-0.1, -0.05) is 11.6 Å². The van der Waals surface area contributed by atoms with Crippen LogP contribution in [-0.4, -0.2) is 24.8 Å². The van der Waals surface area contributed by atoms with Crippen molar-refractivity contribution in [3.05, 3.63) is 65.6 Å². The van der Waals surface area contributed by atoms with Gasteiger partial charge in [0, 0.05) is 17.1 Å². The molecule has 0 aliphatic carbocycles. The Kier molecular flexibility index (Phi) is 3.84. The number of aromatic nitrogens is 1. The van der Waals surface area contributed by atoms with E-state index in [1.807, 2.05) is 26.0 Å². The van der Waals surface area contributed by atoms with Gasteiger partial charge in [-0.05, 0) is 50.2 Å². The summed E-state index contributed by atoms with van der Waals surface area (Å²) in [4.78, 5) is 4.42. The molecule has 0 saturated carbocycles. The predicted molar refractivity (Wildman–Crippen MR) is 99.5 cm³/mol. The zero-order valence-corrected chi connectivity index (χ0v) is 15.2. The Bertz CT molecular complexity index is 1130. The van der Waals surface area contributed by atoms with Crippen molar-refractivity contribution in [2.75, 3.05) is 6.54 Å². The van der Waals surface area contributed by atoms with Crippen LogP contribution in [0.2, 0.25) is 0 Å². The highest BCUT2D eigenvalue weighted by Crippen LogP contribution is 2.32. The van der Waals surface area contributed by atoms with Crippen LogP contribution >= 0.6 is 0 Å². The smallest absolute Gasteiger partial charge is 0.268 e. The van der Waals surface area contributed by atoms with Gasteiger partial charge in [0.25, 0.3) is 10.0 Å². The van der Waals surface area contributed by atoms with Gasteiger partial charge >= 0.3 is 0 Å². The second kappa shape index (κ2) is 5.95. The minimum Gasteiger partial charge on any atom is -0.365 e. The lowest BCUT2D eigenvalue weighted by molar-refractivity contribution is 0.587. The summed E-state index contributed by atoms with van der Waals surface area (Å²) >= 11 is 0. The number of nitrogens with zero attached hydrogens (tertiary/aromatic N) is 2. The Labute approximate surface area is 151 Å². The molecule has 0 radical (unpaired) electrons. The number of benzene rings is 2. The van der Waals surface area contributed by atoms with Gasteiger partial charge in [0.15, 0.2) is 0 Å². The van der Waals surface area contributed by atoms with E-state index in [1.165, 1.54) is 16.1 Å². The van der Waals surface area contributed by atoms with Crippen LogP contribution in [0.1, 0.15) is 24.1 Å². The molecule has 0 spiro atoms. The first-order valence-corrected chi connectivity index (χ1v) is 9.70. The number of hydrogen-bond acceptors (Lipinski definition) is 4. The van der Waals surface area contributed by atoms with E-state index in [1.54, 1.807) is 12.3 Å². The van der Waals surface area contributed by atoms with Crippen molar-refractivity contribution >= 4 is 26.8 Å². The first-order valence-electron chi connectivity index (χ1n) is 8.26. The van der Waals surface area contributed by atoms with E-state index in [0.29, 0.717) is 12.1 Å². The molecule has 1 N–H and O–H groups in total. The average Bonchev–Trinajstić information content (AvgIpc) is 3.18. The fourth-order valence-corrected chi connectivity index (χ4v) is 4.66. The normalized spacial score (nSPS) is 17.3. The number of nitrogens with one attached hydrogen (secondary N) is 1. The molecule has 1 aliphatic rings. The number of halogens is 1. The Balaban J connectivity index is 1.92. The van der Waals surface area contributed by atoms with E-state index in [9.17, 15) is 12.8 Å². The fourth-order valence-electron chi connectivity index (χ4n) is 3.28. The van der Waals surface area contributed by atoms with Crippen LogP contribution < -0.4 is 5.32 Å². The maximum Gasteiger partial charge on any atom is 0.268 e. The quantitative estimate of drug-likeness (QED) is 0.768. The van der Waals surface area contributed by atoms with E-state index in [-0.39, 0.29) is 10.9 Å². The highest BCUT2D eigenvalue weighted by Gasteiger charge is 2.26. The van der Waals surface area contributed by atoms with Crippen molar-refractivity contribution in [1.29, 1.82) is 0 Å². The second-order valence-corrected chi connectivity index (χ2v) is 8.30. The minimum absolute atomic E-state index is 0.0507. The van der Waals surface area contributed by atoms with Crippen molar-refractivity contribution in [3.63, 3.8) is 0 Å². The molecule has 1 unspecified atom stereocenters. The Morgan fingerprint density at radius 2 is 1.88 bits per heavy atom. The second-order valence-electron chi connectivity index (χ2n) is 6.48. The zero-order valence-electron chi connectivity index (χ0n) is 14.4. The maximum absolute atomic E-state index is 13.2. The highest BCUT2D eigenvalue weighted by atomic mass is 32.2. The Morgan fingerprint density at radius 3 is 2.54 bits per heavy atom. The largest absolute Gasteiger partial charge is 0.365 e. The molecular formula is C19H18FN3O2S. The molecule has 1 aromatic heterocycles. The lowest BCUT2D eigenvalue weighted by Gasteiger charge is -2.09. The molecule has 0 bridgehead atoms. The summed E-state index contributed by atoms with van der Waals surface area (Å²) in [6.07, 6.45) is 1.65. The average molecular weight is 371 g/mol. The van der Waals surface area contributed by atoms with Crippen molar-refractivity contribution in [1.82, 2.24) is 9.29 Å². The number of amidine groups is 1. The van der Waals surface area contributed by atoms with Gasteiger partial charge in [-0.2, -0.15) is 0 Å². The van der Waals surface area contributed by atoms with E-state index in [2.05, 4.69) is 10.3 Å². The van der Waals surface area contributed by atoms with E-state index in [0.717, 1.165) is 34.5 Å². The van der Waals surface area contributed by atoms with E-state index >= 15 is 0 Å². The molecule has 26 heavy (non-hydrogen) atoms. The van der Waals surface area contributed by atoms with Crippen LogP contribution in [-0.2, 0) is 10.0 Å². The van der Waals surface area contributed by atoms with Crippen LogP contribution in [0.3, 0.4) is 0 Å². The van der Waals surface area contributed by atoms with Gasteiger partial charge in [-0.15, -0.1) is 0 Å². The monoisotopic (exact) mass is 371 g/mol. The summed E-state index contributed by atoms with van der Waals surface area (Å²) in [5.74, 6) is 0.366. The molecule has 1 aliphatic heterocycles. The van der Waals surface area contributed by atoms with Crippen LogP contribution in [0, 0.1) is 12.7 Å². The Morgan fingerprint density at radius 1 is 1.15 bits per heavy atom. The summed E-state index contributed by atoms with van der Waals surface area (Å²) in [6.45, 7) is 4.42. The predicted octanol–water partition coefficient (Wildman–Crippen LogP) is 3.39. The Hall–Kier alpha value is -2.67. The van der Waals surface area contributed by atoms with Gasteiger partial charge < -0.3 is 5.32 Å². The van der Waals surface area contributed by atoms with Crippen molar-refractivity contribution < 1.29 is 12.8 Å². The fraction of sp³-hybridized carbons (Fsp3) is 0.211. The summed E-state index contributed by atoms with van der Waals surface area (Å²) in [6, 6.07) is 10.5. The summed E-state index contributed by atoms with van der Waals surface area (Å²) in [5.41, 5.74) is 2.53. The molecule has 0 saturated heterocycles. The van der Waals surface area contributed by atoms with Gasteiger partial charge in [0.2, 0.25) is 0 Å². The van der Waals surface area contributed by atoms with Crippen LogP contribution in [0.15, 0.2) is 58.5 Å². The molecule has 0 amide bonds. The SMILES string of the molecule is CC1=NCC(c2cn(S(=O)(=O)c3ccc(F)cc3)c3ccc(C)cc23)N1. The molecule has 2 aromatic carbocycles. The van der Waals surface area contributed by atoms with E-state index < -0.39 is 15.8 Å². The highest BCUT2D eigenvalue weighted by molar-refractivity contribution is 7.90. The van der Waals surface area contributed by atoms with Gasteiger partial charge in [-0.25, -0.2) is 16.8 Å². The van der Waals surface area contributed by atoms with Crippen LogP contribution in [0.25, 0.3) is 10.9 Å². The molecule has 2 heterocycles. The van der Waals surface area contributed by atoms with Gasteiger partial charge in [-0.3, -0.25) is 4.99 Å². The molecule has 4 rings (SSSR count). The lowest BCUT2D eigenvalue weighted by Crippen LogP contribution is -2.20. The van der Waals surface area contributed by atoms with E-state index in [4.69, 9.17) is 0 Å². The van der Waals surface area contributed by atoms with Crippen molar-refractivity contribution in [3.8, 4) is 0 Å². The van der Waals surface area contributed by atoms with Crippen LogP contribution in [0.4, 0.5) is 4.39 Å². The first kappa shape index (κ1) is 16.8. The summed E-state index contributed by atoms with van der Waals surface area (Å²) in [7, 11) is -3.83. The first-order chi connectivity index (χ1) is 12.4. The molecule has 1 atom stereocenters. The molecule has 3 aromatic rings. The number of rotatable bonds is 3. The topological polar surface area (TPSA) is 63.5 Å². The van der Waals surface area contributed by atoms with Crippen LogP contribution in [0.5, 0.6) is 0 Å². The van der Waals surface area contributed by atoms with Gasteiger partial charge in [0.05, 0.1) is 28.8 Å². The molecule has 5 nitrogen and oxygen atoms in total. The maximum atomic E-state index is 13.2. The third-order valence-electron chi connectivity index (χ3n) is 4.60. The van der Waals surface area contributed by atoms with Crippen molar-refractivity contribution in [2.45, 2.75) is 24.8 Å². The molecular weight excluding hydrogens is 353 g/mol. The number of aryl methyl sites for hydroxylation is 1. The minimum atomic E-state index is -3.83. The number of hydrogen-bond donors (Lipinski definition) is 1. The number of aliphatic imine (C=N–C) groups is 1. The third kappa shape index (κ3) is 2.68.